The van der Waals surface area contributed by atoms with E-state index in [1.165, 1.54) is 43.5 Å². The van der Waals surface area contributed by atoms with Crippen molar-refractivity contribution in [1.82, 2.24) is 0 Å². The Labute approximate surface area is 211 Å². The van der Waals surface area contributed by atoms with E-state index in [4.69, 9.17) is 16.3 Å². The number of rotatable bonds is 5. The van der Waals surface area contributed by atoms with Gasteiger partial charge in [0.15, 0.2) is 0 Å². The van der Waals surface area contributed by atoms with Crippen molar-refractivity contribution in [2.24, 2.45) is 5.10 Å². The van der Waals surface area contributed by atoms with E-state index in [1.54, 1.807) is 24.3 Å². The van der Waals surface area contributed by atoms with E-state index in [1.807, 2.05) is 0 Å². The summed E-state index contributed by atoms with van der Waals surface area (Å²) in [5, 5.41) is 14.3. The first-order chi connectivity index (χ1) is 17.3. The lowest BCUT2D eigenvalue weighted by molar-refractivity contribution is -0.338. The maximum atomic E-state index is 15.2. The van der Waals surface area contributed by atoms with Crippen LogP contribution in [0.2, 0.25) is 5.02 Å². The molecule has 0 fully saturated rings. The molecular weight excluding hydrogens is 529 g/mol. The molecule has 0 radical (unpaired) electrons. The Hall–Kier alpha value is -3.31. The fraction of sp³-hybridized carbons (Fsp3) is 0.240. The average molecular weight is 547 g/mol. The van der Waals surface area contributed by atoms with E-state index in [9.17, 15) is 31.4 Å². The number of nitrogens with zero attached hydrogens (tertiary/aromatic N) is 2. The zero-order chi connectivity index (χ0) is 27.2. The summed E-state index contributed by atoms with van der Waals surface area (Å²) in [6.45, 7) is 0. The minimum absolute atomic E-state index is 0.0181. The Morgan fingerprint density at radius 1 is 0.946 bits per heavy atom. The van der Waals surface area contributed by atoms with E-state index in [0.29, 0.717) is 11.3 Å². The molecule has 196 valence electrons. The van der Waals surface area contributed by atoms with Gasteiger partial charge in [0.25, 0.3) is 5.60 Å². The van der Waals surface area contributed by atoms with Crippen LogP contribution in [-0.2, 0) is 0 Å². The van der Waals surface area contributed by atoms with Gasteiger partial charge in [-0.25, -0.2) is 4.39 Å². The summed E-state index contributed by atoms with van der Waals surface area (Å²) in [5.74, 6) is -0.231. The zero-order valence-corrected chi connectivity index (χ0v) is 19.7. The van der Waals surface area contributed by atoms with Crippen molar-refractivity contribution in [3.63, 3.8) is 0 Å². The van der Waals surface area contributed by atoms with Crippen LogP contribution in [0.1, 0.15) is 18.0 Å². The Morgan fingerprint density at radius 3 is 2.11 bits per heavy atom. The topological polar surface area (TPSA) is 45.1 Å². The van der Waals surface area contributed by atoms with Crippen LogP contribution in [0.3, 0.4) is 0 Å². The summed E-state index contributed by atoms with van der Waals surface area (Å²) in [4.78, 5) is 0. The van der Waals surface area contributed by atoms with E-state index < -0.39 is 41.9 Å². The predicted octanol–water partition coefficient (Wildman–Crippen LogP) is 7.32. The van der Waals surface area contributed by atoms with Gasteiger partial charge in [0.2, 0.25) is 0 Å². The third-order valence-corrected chi connectivity index (χ3v) is 6.35. The molecule has 4 rings (SSSR count). The predicted molar refractivity (Wildman–Crippen MR) is 124 cm³/mol. The molecule has 12 heteroatoms. The Balaban J connectivity index is 1.80. The normalized spacial score (nSPS) is 16.6. The zero-order valence-electron chi connectivity index (χ0n) is 18.9. The number of hydrazone groups is 1. The molecular formula is C25H18ClF7N2O2. The van der Waals surface area contributed by atoms with E-state index in [2.05, 4.69) is 5.10 Å². The highest BCUT2D eigenvalue weighted by molar-refractivity contribution is 6.33. The number of aliphatic hydroxyl groups is 1. The number of ether oxygens (including phenoxy) is 1. The summed E-state index contributed by atoms with van der Waals surface area (Å²) in [5.41, 5.74) is -6.17. The number of benzene rings is 3. The van der Waals surface area contributed by atoms with Gasteiger partial charge in [-0.2, -0.15) is 31.4 Å². The first-order valence-corrected chi connectivity index (χ1v) is 11.1. The van der Waals surface area contributed by atoms with Gasteiger partial charge < -0.3 is 9.84 Å². The lowest BCUT2D eigenvalue weighted by Crippen LogP contribution is -2.62. The van der Waals surface area contributed by atoms with Crippen molar-refractivity contribution in [1.29, 1.82) is 0 Å². The van der Waals surface area contributed by atoms with Crippen LogP contribution in [0.15, 0.2) is 71.8 Å². The van der Waals surface area contributed by atoms with Crippen LogP contribution in [0, 0.1) is 5.82 Å². The van der Waals surface area contributed by atoms with Crippen LogP contribution in [-0.4, -0.2) is 35.9 Å². The van der Waals surface area contributed by atoms with Crippen LogP contribution in [0.4, 0.5) is 36.4 Å². The molecule has 1 aliphatic rings. The Morgan fingerprint density at radius 2 is 1.57 bits per heavy atom. The van der Waals surface area contributed by atoms with Crippen molar-refractivity contribution in [3.05, 3.63) is 83.1 Å². The van der Waals surface area contributed by atoms with Gasteiger partial charge in [0, 0.05) is 12.0 Å². The molecule has 0 bridgehead atoms. The number of anilines is 1. The molecule has 3 aromatic rings. The summed E-state index contributed by atoms with van der Waals surface area (Å²) in [6, 6.07) is 14.5. The smallest absolute Gasteiger partial charge is 0.431 e. The van der Waals surface area contributed by atoms with Crippen LogP contribution in [0.25, 0.3) is 11.1 Å². The van der Waals surface area contributed by atoms with Crippen molar-refractivity contribution < 1.29 is 40.6 Å². The fourth-order valence-electron chi connectivity index (χ4n) is 4.08. The molecule has 1 heterocycles. The summed E-state index contributed by atoms with van der Waals surface area (Å²) < 4.78 is 102. The molecule has 3 aromatic carbocycles. The molecule has 0 saturated heterocycles. The molecule has 1 N–H and O–H groups in total. The van der Waals surface area contributed by atoms with Gasteiger partial charge in [0.1, 0.15) is 11.6 Å². The van der Waals surface area contributed by atoms with Crippen LogP contribution >= 0.6 is 11.6 Å². The van der Waals surface area contributed by atoms with E-state index in [-0.39, 0.29) is 21.8 Å². The minimum atomic E-state index is -6.12. The molecule has 1 aliphatic heterocycles. The first kappa shape index (κ1) is 26.7. The quantitative estimate of drug-likeness (QED) is 0.341. The summed E-state index contributed by atoms with van der Waals surface area (Å²) >= 11 is 6.16. The largest absolute Gasteiger partial charge is 0.497 e. The number of halogens is 8. The monoisotopic (exact) mass is 546 g/mol. The maximum absolute atomic E-state index is 15.2. The molecule has 0 aromatic heterocycles. The first-order valence-electron chi connectivity index (χ1n) is 10.7. The summed E-state index contributed by atoms with van der Waals surface area (Å²) in [6.07, 6.45) is -13.2. The molecule has 1 unspecified atom stereocenters. The van der Waals surface area contributed by atoms with Crippen LogP contribution in [0.5, 0.6) is 5.75 Å². The summed E-state index contributed by atoms with van der Waals surface area (Å²) in [7, 11) is 1.46. The van der Waals surface area contributed by atoms with Gasteiger partial charge in [-0.3, -0.25) is 5.01 Å². The van der Waals surface area contributed by atoms with Gasteiger partial charge in [-0.05, 0) is 41.5 Å². The highest BCUT2D eigenvalue weighted by Crippen LogP contribution is 2.49. The van der Waals surface area contributed by atoms with Gasteiger partial charge in [-0.15, -0.1) is 0 Å². The molecule has 0 amide bonds. The molecule has 0 aliphatic carbocycles. The molecule has 37 heavy (non-hydrogen) atoms. The van der Waals surface area contributed by atoms with Gasteiger partial charge >= 0.3 is 12.4 Å². The lowest BCUT2D eigenvalue weighted by Gasteiger charge is -2.32. The average Bonchev–Trinajstić information content (AvgIpc) is 3.28. The number of alkyl halides is 6. The fourth-order valence-corrected chi connectivity index (χ4v) is 4.30. The van der Waals surface area contributed by atoms with Crippen molar-refractivity contribution >= 4 is 23.0 Å². The Bertz CT molecular complexity index is 1310. The van der Waals surface area contributed by atoms with Crippen molar-refractivity contribution in [2.45, 2.75) is 30.4 Å². The van der Waals surface area contributed by atoms with E-state index in [0.717, 1.165) is 11.1 Å². The third-order valence-electron chi connectivity index (χ3n) is 6.03. The highest BCUT2D eigenvalue weighted by atomic mass is 35.5. The number of hydrogen-bond donors (Lipinski definition) is 1. The molecule has 1 atom stereocenters. The second kappa shape index (κ2) is 9.53. The third kappa shape index (κ3) is 4.73. The van der Waals surface area contributed by atoms with E-state index >= 15 is 4.39 Å². The van der Waals surface area contributed by atoms with Gasteiger partial charge in [0.05, 0.1) is 29.6 Å². The standard InChI is InChI=1S/C25H18ClF7N2O2/c1-37-16-9-6-14(7-10-16)17-11-8-15(12-19(17)27)21-13-22(23(36,24(28,29)30)25(31,32)33)34-35(21)20-5-3-2-4-18(20)26/h2-12,21,36H,13H2,1H3. The van der Waals surface area contributed by atoms with Gasteiger partial charge in [-0.1, -0.05) is 48.0 Å². The Kier molecular flexibility index (Phi) is 6.89. The second-order valence-corrected chi connectivity index (χ2v) is 8.64. The number of para-hydroxylation sites is 1. The SMILES string of the molecule is COc1ccc(-c2ccc(C3CC(C(O)(C(F)(F)F)C(F)(F)F)=NN3c3ccccc3Cl)cc2F)cc1. The second-order valence-electron chi connectivity index (χ2n) is 8.24. The lowest BCUT2D eigenvalue weighted by atomic mass is 9.89. The van der Waals surface area contributed by atoms with Crippen LogP contribution < -0.4 is 9.75 Å². The molecule has 0 saturated carbocycles. The molecule has 0 spiro atoms. The maximum Gasteiger partial charge on any atom is 0.431 e. The minimum Gasteiger partial charge on any atom is -0.497 e. The number of methoxy groups -OCH3 is 1. The highest BCUT2D eigenvalue weighted by Gasteiger charge is 2.74. The van der Waals surface area contributed by atoms with Crippen molar-refractivity contribution in [3.8, 4) is 16.9 Å². The number of hydrogen-bond acceptors (Lipinski definition) is 4. The molecule has 4 nitrogen and oxygen atoms in total. The van der Waals surface area contributed by atoms with Crippen molar-refractivity contribution in [2.75, 3.05) is 12.1 Å².